The zero-order valence-corrected chi connectivity index (χ0v) is 14.1. The van der Waals surface area contributed by atoms with E-state index in [1.807, 2.05) is 0 Å². The van der Waals surface area contributed by atoms with Crippen LogP contribution in [0.2, 0.25) is 19.6 Å². The van der Waals surface area contributed by atoms with E-state index >= 15 is 0 Å². The molecule has 3 nitrogen and oxygen atoms in total. The molecule has 0 spiro atoms. The molecule has 0 aliphatic carbocycles. The Morgan fingerprint density at radius 1 is 1.15 bits per heavy atom. The second kappa shape index (κ2) is 6.39. The van der Waals surface area contributed by atoms with Crippen LogP contribution in [0.25, 0.3) is 0 Å². The molecular weight excluding hydrogens is 264 g/mol. The largest absolute Gasteiger partial charge is 0.411 e. The number of benzene rings is 1. The summed E-state index contributed by atoms with van der Waals surface area (Å²) in [5.74, 6) is 0. The fraction of sp³-hybridized carbons (Fsp3) is 0.625. The maximum absolute atomic E-state index is 6.40. The molecule has 0 saturated carbocycles. The van der Waals surface area contributed by atoms with Crippen molar-refractivity contribution in [1.29, 1.82) is 0 Å². The second-order valence-electron chi connectivity index (χ2n) is 6.86. The van der Waals surface area contributed by atoms with Crippen LogP contribution in [0.15, 0.2) is 30.3 Å². The van der Waals surface area contributed by atoms with E-state index in [-0.39, 0.29) is 5.60 Å². The van der Waals surface area contributed by atoms with E-state index in [9.17, 15) is 0 Å². The number of hydrogen-bond donors (Lipinski definition) is 1. The molecule has 1 aromatic rings. The van der Waals surface area contributed by atoms with Crippen molar-refractivity contribution < 1.29 is 4.43 Å². The van der Waals surface area contributed by atoms with Crippen LogP contribution in [-0.2, 0) is 11.0 Å². The summed E-state index contributed by atoms with van der Waals surface area (Å²) in [5, 5.41) is 0. The van der Waals surface area contributed by atoms with E-state index in [4.69, 9.17) is 10.2 Å². The van der Waals surface area contributed by atoms with Gasteiger partial charge in [-0.1, -0.05) is 30.3 Å². The van der Waals surface area contributed by atoms with Gasteiger partial charge in [-0.2, -0.15) is 0 Å². The molecule has 112 valence electrons. The zero-order chi connectivity index (χ0) is 14.6. The van der Waals surface area contributed by atoms with Crippen molar-refractivity contribution in [2.75, 3.05) is 19.6 Å². The fourth-order valence-electron chi connectivity index (χ4n) is 2.96. The summed E-state index contributed by atoms with van der Waals surface area (Å²) in [5.41, 5.74) is 7.34. The topological polar surface area (TPSA) is 38.5 Å². The number of rotatable bonds is 5. The summed E-state index contributed by atoms with van der Waals surface area (Å²) < 4.78 is 6.40. The van der Waals surface area contributed by atoms with Gasteiger partial charge in [0.1, 0.15) is 0 Å². The minimum atomic E-state index is -1.53. The van der Waals surface area contributed by atoms with Crippen LogP contribution in [0.4, 0.5) is 0 Å². The zero-order valence-electron chi connectivity index (χ0n) is 13.1. The first-order chi connectivity index (χ1) is 9.42. The van der Waals surface area contributed by atoms with Gasteiger partial charge in [0.25, 0.3) is 0 Å². The molecular formula is C16H28N2OSi. The molecule has 2 rings (SSSR count). The Bertz CT molecular complexity index is 408. The van der Waals surface area contributed by atoms with Gasteiger partial charge >= 0.3 is 0 Å². The predicted octanol–water partition coefficient (Wildman–Crippen LogP) is 2.83. The molecule has 1 heterocycles. The number of nitrogens with two attached hydrogens (primary N) is 1. The summed E-state index contributed by atoms with van der Waals surface area (Å²) in [6.07, 6.45) is 2.11. The summed E-state index contributed by atoms with van der Waals surface area (Å²) in [6, 6.07) is 10.7. The molecule has 2 N–H and O–H groups in total. The molecule has 0 aromatic heterocycles. The van der Waals surface area contributed by atoms with Crippen LogP contribution >= 0.6 is 0 Å². The highest BCUT2D eigenvalue weighted by molar-refractivity contribution is 6.69. The molecule has 0 bridgehead atoms. The van der Waals surface area contributed by atoms with Crippen molar-refractivity contribution in [3.05, 3.63) is 35.9 Å². The first kappa shape index (κ1) is 15.7. The van der Waals surface area contributed by atoms with Gasteiger partial charge in [0.15, 0.2) is 8.32 Å². The van der Waals surface area contributed by atoms with Crippen LogP contribution in [-0.4, -0.2) is 38.5 Å². The van der Waals surface area contributed by atoms with Crippen molar-refractivity contribution in [1.82, 2.24) is 4.90 Å². The van der Waals surface area contributed by atoms with Crippen molar-refractivity contribution in [3.63, 3.8) is 0 Å². The van der Waals surface area contributed by atoms with Crippen LogP contribution in [0.1, 0.15) is 18.4 Å². The third-order valence-corrected chi connectivity index (χ3v) is 4.96. The lowest BCUT2D eigenvalue weighted by molar-refractivity contribution is 0.000160. The molecule has 1 aliphatic heterocycles. The minimum absolute atomic E-state index is 0.0718. The van der Waals surface area contributed by atoms with Gasteiger partial charge < -0.3 is 10.2 Å². The van der Waals surface area contributed by atoms with Gasteiger partial charge in [-0.15, -0.1) is 0 Å². The molecule has 4 heteroatoms. The van der Waals surface area contributed by atoms with Gasteiger partial charge in [-0.05, 0) is 38.0 Å². The molecule has 20 heavy (non-hydrogen) atoms. The molecule has 0 unspecified atom stereocenters. The standard InChI is InChI=1S/C16H28N2OSi/c1-20(2,3)19-16(14-17)9-11-18(12-10-16)13-15-7-5-4-6-8-15/h4-8H,9-14,17H2,1-3H3. The lowest BCUT2D eigenvalue weighted by atomic mass is 9.91. The van der Waals surface area contributed by atoms with E-state index in [0.717, 1.165) is 32.5 Å². The van der Waals surface area contributed by atoms with E-state index in [0.29, 0.717) is 6.54 Å². The van der Waals surface area contributed by atoms with Gasteiger partial charge in [0.05, 0.1) is 5.60 Å². The Labute approximate surface area is 124 Å². The summed E-state index contributed by atoms with van der Waals surface area (Å²) in [4.78, 5) is 2.51. The SMILES string of the molecule is C[Si](C)(C)OC1(CN)CCN(Cc2ccccc2)CC1. The normalized spacial score (nSPS) is 20.0. The average Bonchev–Trinajstić information content (AvgIpc) is 2.41. The monoisotopic (exact) mass is 292 g/mol. The molecule has 1 fully saturated rings. The molecule has 1 aromatic carbocycles. The van der Waals surface area contributed by atoms with Crippen LogP contribution < -0.4 is 5.73 Å². The van der Waals surface area contributed by atoms with Gasteiger partial charge in [-0.25, -0.2) is 0 Å². The fourth-order valence-corrected chi connectivity index (χ4v) is 4.54. The summed E-state index contributed by atoms with van der Waals surface area (Å²) >= 11 is 0. The van der Waals surface area contributed by atoms with Gasteiger partial charge in [-0.3, -0.25) is 4.90 Å². The Morgan fingerprint density at radius 2 is 1.75 bits per heavy atom. The van der Waals surface area contributed by atoms with Crippen molar-refractivity contribution in [2.45, 2.75) is 44.6 Å². The Morgan fingerprint density at radius 3 is 2.25 bits per heavy atom. The highest BCUT2D eigenvalue weighted by atomic mass is 28.4. The molecule has 1 aliphatic rings. The number of hydrogen-bond acceptors (Lipinski definition) is 3. The van der Waals surface area contributed by atoms with Gasteiger partial charge in [0.2, 0.25) is 0 Å². The van der Waals surface area contributed by atoms with E-state index in [2.05, 4.69) is 54.9 Å². The second-order valence-corrected chi connectivity index (χ2v) is 11.3. The number of piperidine rings is 1. The number of likely N-dealkylation sites (tertiary alicyclic amines) is 1. The predicted molar refractivity (Wildman–Crippen MR) is 87.2 cm³/mol. The van der Waals surface area contributed by atoms with Crippen molar-refractivity contribution in [2.24, 2.45) is 5.73 Å². The maximum Gasteiger partial charge on any atom is 0.184 e. The molecule has 0 radical (unpaired) electrons. The Kier molecular flexibility index (Phi) is 5.02. The van der Waals surface area contributed by atoms with Crippen molar-refractivity contribution >= 4 is 8.32 Å². The van der Waals surface area contributed by atoms with Gasteiger partial charge in [0, 0.05) is 26.2 Å². The number of nitrogens with zero attached hydrogens (tertiary/aromatic N) is 1. The minimum Gasteiger partial charge on any atom is -0.411 e. The smallest absolute Gasteiger partial charge is 0.184 e. The third-order valence-electron chi connectivity index (χ3n) is 3.91. The van der Waals surface area contributed by atoms with E-state index < -0.39 is 8.32 Å². The highest BCUT2D eigenvalue weighted by Gasteiger charge is 2.37. The lowest BCUT2D eigenvalue weighted by Gasteiger charge is -2.44. The van der Waals surface area contributed by atoms with Crippen molar-refractivity contribution in [3.8, 4) is 0 Å². The quantitative estimate of drug-likeness (QED) is 0.848. The van der Waals surface area contributed by atoms with E-state index in [1.165, 1.54) is 5.56 Å². The highest BCUT2D eigenvalue weighted by Crippen LogP contribution is 2.29. The summed E-state index contributed by atoms with van der Waals surface area (Å²) in [7, 11) is -1.53. The Hall–Kier alpha value is -0.683. The molecule has 0 atom stereocenters. The van der Waals surface area contributed by atoms with Crippen LogP contribution in [0.5, 0.6) is 0 Å². The lowest BCUT2D eigenvalue weighted by Crippen LogP contribution is -2.54. The first-order valence-electron chi connectivity index (χ1n) is 7.59. The summed E-state index contributed by atoms with van der Waals surface area (Å²) in [6.45, 7) is 10.6. The molecule has 1 saturated heterocycles. The maximum atomic E-state index is 6.40. The third kappa shape index (κ3) is 4.41. The molecule has 0 amide bonds. The van der Waals surface area contributed by atoms with Crippen LogP contribution in [0.3, 0.4) is 0 Å². The first-order valence-corrected chi connectivity index (χ1v) is 11.0. The average molecular weight is 292 g/mol. The van der Waals surface area contributed by atoms with Crippen LogP contribution in [0, 0.1) is 0 Å². The Balaban J connectivity index is 1.90. The van der Waals surface area contributed by atoms with E-state index in [1.54, 1.807) is 0 Å².